The summed E-state index contributed by atoms with van der Waals surface area (Å²) in [5.41, 5.74) is 14.5. The number of hydrogen-bond donors (Lipinski definition) is 0. The first-order chi connectivity index (χ1) is 29.2. The van der Waals surface area contributed by atoms with E-state index in [9.17, 15) is 0 Å². The number of anilines is 3. The molecular formula is C54H34BNO3. The molecule has 0 saturated carbocycles. The molecule has 276 valence electrons. The van der Waals surface area contributed by atoms with E-state index in [1.54, 1.807) is 0 Å². The van der Waals surface area contributed by atoms with Crippen LogP contribution in [0.3, 0.4) is 0 Å². The molecule has 0 aliphatic carbocycles. The molecule has 10 aromatic rings. The van der Waals surface area contributed by atoms with Crippen molar-refractivity contribution in [1.82, 2.24) is 0 Å². The lowest BCUT2D eigenvalue weighted by Gasteiger charge is -2.35. The zero-order valence-electron chi connectivity index (χ0n) is 31.9. The highest BCUT2D eigenvalue weighted by Gasteiger charge is 2.41. The SMILES string of the molecule is c1ccc(-c2ccc(N(c3cc4c5c(c3)Oc3cc(-c6ccccc6)ccc3B5c3ccc(-c5ccccc5)cc3O4)c3cccc4c3oc3ccccc34)cc2)cc1. The fourth-order valence-electron chi connectivity index (χ4n) is 9.00. The van der Waals surface area contributed by atoms with Crippen molar-refractivity contribution in [3.8, 4) is 56.4 Å². The lowest BCUT2D eigenvalue weighted by atomic mass is 9.34. The molecule has 9 aromatic carbocycles. The zero-order chi connectivity index (χ0) is 38.9. The molecule has 5 heteroatoms. The Bertz CT molecular complexity index is 3100. The van der Waals surface area contributed by atoms with E-state index in [0.29, 0.717) is 0 Å². The van der Waals surface area contributed by atoms with Crippen LogP contribution in [0.2, 0.25) is 0 Å². The maximum Gasteiger partial charge on any atom is 0.260 e. The minimum absolute atomic E-state index is 0.0893. The smallest absolute Gasteiger partial charge is 0.260 e. The lowest BCUT2D eigenvalue weighted by Crippen LogP contribution is -2.57. The minimum Gasteiger partial charge on any atom is -0.458 e. The van der Waals surface area contributed by atoms with Gasteiger partial charge >= 0.3 is 0 Å². The Hall–Kier alpha value is -7.76. The second-order valence-electron chi connectivity index (χ2n) is 15.2. The van der Waals surface area contributed by atoms with Gasteiger partial charge in [0.25, 0.3) is 6.71 Å². The van der Waals surface area contributed by atoms with E-state index in [1.165, 1.54) is 0 Å². The fourth-order valence-corrected chi connectivity index (χ4v) is 9.00. The largest absolute Gasteiger partial charge is 0.458 e. The van der Waals surface area contributed by atoms with Gasteiger partial charge in [-0.05, 0) is 80.7 Å². The van der Waals surface area contributed by atoms with Crippen LogP contribution in [0.1, 0.15) is 0 Å². The molecule has 0 unspecified atom stereocenters. The van der Waals surface area contributed by atoms with Crippen LogP contribution >= 0.6 is 0 Å². The maximum absolute atomic E-state index is 7.04. The number of rotatable bonds is 6. The average molecular weight is 756 g/mol. The summed E-state index contributed by atoms with van der Waals surface area (Å²) in [6, 6.07) is 72.4. The van der Waals surface area contributed by atoms with Gasteiger partial charge in [0.05, 0.1) is 11.4 Å². The molecular weight excluding hydrogens is 721 g/mol. The molecule has 4 nitrogen and oxygen atoms in total. The molecule has 0 bridgehead atoms. The van der Waals surface area contributed by atoms with Crippen LogP contribution < -0.4 is 30.8 Å². The number of hydrogen-bond acceptors (Lipinski definition) is 4. The van der Waals surface area contributed by atoms with Crippen LogP contribution in [0.4, 0.5) is 17.1 Å². The van der Waals surface area contributed by atoms with E-state index >= 15 is 0 Å². The summed E-state index contributed by atoms with van der Waals surface area (Å²) < 4.78 is 20.8. The summed E-state index contributed by atoms with van der Waals surface area (Å²) in [5, 5.41) is 2.14. The standard InChI is InChI=1S/C54H34BNO3/c1-4-13-35(14-5-1)38-23-27-41(28-24-38)56(47-21-12-20-44-43-19-10-11-22-48(43)59-54(44)47)42-33-51-53-52(34-42)58-50-32-40(37-17-8-3-9-18-37)26-30-46(50)55(53)45-29-25-39(31-49(45)57-51)36-15-6-2-7-16-36/h1-34H. The first-order valence-corrected chi connectivity index (χ1v) is 20.0. The third-order valence-electron chi connectivity index (χ3n) is 11.8. The molecule has 3 heterocycles. The normalized spacial score (nSPS) is 12.3. The Labute approximate surface area is 342 Å². The molecule has 59 heavy (non-hydrogen) atoms. The first-order valence-electron chi connectivity index (χ1n) is 20.0. The summed E-state index contributed by atoms with van der Waals surface area (Å²) in [4.78, 5) is 2.27. The van der Waals surface area contributed by atoms with Crippen molar-refractivity contribution in [1.29, 1.82) is 0 Å². The summed E-state index contributed by atoms with van der Waals surface area (Å²) in [7, 11) is 0. The number of benzene rings is 9. The third-order valence-corrected chi connectivity index (χ3v) is 11.8. The van der Waals surface area contributed by atoms with E-state index in [1.807, 2.05) is 30.3 Å². The third kappa shape index (κ3) is 5.54. The Kier molecular flexibility index (Phi) is 7.60. The molecule has 0 fully saturated rings. The molecule has 0 N–H and O–H groups in total. The fraction of sp³-hybridized carbons (Fsp3) is 0. The number of ether oxygens (including phenoxy) is 2. The Balaban J connectivity index is 1.08. The van der Waals surface area contributed by atoms with E-state index in [0.717, 1.165) is 112 Å². The van der Waals surface area contributed by atoms with Gasteiger partial charge in [0.1, 0.15) is 28.6 Å². The van der Waals surface area contributed by atoms with Crippen LogP contribution in [0.25, 0.3) is 55.3 Å². The molecule has 0 radical (unpaired) electrons. The van der Waals surface area contributed by atoms with E-state index in [4.69, 9.17) is 13.9 Å². The van der Waals surface area contributed by atoms with Gasteiger partial charge in [-0.2, -0.15) is 0 Å². The summed E-state index contributed by atoms with van der Waals surface area (Å²) in [6.07, 6.45) is 0. The van der Waals surface area contributed by atoms with Crippen LogP contribution in [-0.2, 0) is 0 Å². The molecule has 0 spiro atoms. The summed E-state index contributed by atoms with van der Waals surface area (Å²) >= 11 is 0. The molecule has 2 aliphatic rings. The summed E-state index contributed by atoms with van der Waals surface area (Å²) in [6.45, 7) is -0.0893. The van der Waals surface area contributed by atoms with Crippen LogP contribution in [-0.4, -0.2) is 6.71 Å². The van der Waals surface area contributed by atoms with Crippen molar-refractivity contribution in [2.45, 2.75) is 0 Å². The predicted molar refractivity (Wildman–Crippen MR) is 242 cm³/mol. The predicted octanol–water partition coefficient (Wildman–Crippen LogP) is 12.8. The van der Waals surface area contributed by atoms with Crippen molar-refractivity contribution in [3.05, 3.63) is 206 Å². The minimum atomic E-state index is -0.0893. The van der Waals surface area contributed by atoms with Gasteiger partial charge in [0.2, 0.25) is 0 Å². The Morgan fingerprint density at radius 1 is 0.356 bits per heavy atom. The number of para-hydroxylation sites is 2. The van der Waals surface area contributed by atoms with E-state index < -0.39 is 0 Å². The van der Waals surface area contributed by atoms with Crippen molar-refractivity contribution in [2.24, 2.45) is 0 Å². The van der Waals surface area contributed by atoms with E-state index in [-0.39, 0.29) is 6.71 Å². The highest BCUT2D eigenvalue weighted by Crippen LogP contribution is 2.46. The first kappa shape index (κ1) is 33.4. The highest BCUT2D eigenvalue weighted by atomic mass is 16.5. The molecule has 0 atom stereocenters. The Morgan fingerprint density at radius 2 is 0.847 bits per heavy atom. The van der Waals surface area contributed by atoms with Crippen molar-refractivity contribution in [2.75, 3.05) is 4.90 Å². The number of furan rings is 1. The second kappa shape index (κ2) is 13.4. The lowest BCUT2D eigenvalue weighted by molar-refractivity contribution is 0.465. The van der Waals surface area contributed by atoms with Crippen LogP contribution in [0.5, 0.6) is 23.0 Å². The van der Waals surface area contributed by atoms with Gasteiger partial charge in [-0.15, -0.1) is 0 Å². The number of fused-ring (bicyclic) bond motifs is 7. The Morgan fingerprint density at radius 3 is 1.44 bits per heavy atom. The monoisotopic (exact) mass is 755 g/mol. The average Bonchev–Trinajstić information content (AvgIpc) is 3.69. The molecule has 12 rings (SSSR count). The van der Waals surface area contributed by atoms with Crippen molar-refractivity contribution >= 4 is 62.1 Å². The van der Waals surface area contributed by atoms with Crippen LogP contribution in [0, 0.1) is 0 Å². The second-order valence-corrected chi connectivity index (χ2v) is 15.2. The van der Waals surface area contributed by atoms with E-state index in [2.05, 4.69) is 181 Å². The van der Waals surface area contributed by atoms with Crippen molar-refractivity contribution < 1.29 is 13.9 Å². The molecule has 1 aromatic heterocycles. The molecule has 0 amide bonds. The van der Waals surface area contributed by atoms with Crippen molar-refractivity contribution in [3.63, 3.8) is 0 Å². The van der Waals surface area contributed by atoms with Gasteiger partial charge in [-0.1, -0.05) is 158 Å². The summed E-state index contributed by atoms with van der Waals surface area (Å²) in [5.74, 6) is 3.21. The van der Waals surface area contributed by atoms with Gasteiger partial charge in [-0.3, -0.25) is 0 Å². The maximum atomic E-state index is 7.04. The van der Waals surface area contributed by atoms with Crippen LogP contribution in [0.15, 0.2) is 211 Å². The van der Waals surface area contributed by atoms with Gasteiger partial charge in [0, 0.05) is 34.1 Å². The zero-order valence-corrected chi connectivity index (χ0v) is 31.9. The topological polar surface area (TPSA) is 34.8 Å². The number of nitrogens with zero attached hydrogens (tertiary/aromatic N) is 1. The quantitative estimate of drug-likeness (QED) is 0.158. The molecule has 0 saturated heterocycles. The van der Waals surface area contributed by atoms with Gasteiger partial charge < -0.3 is 18.8 Å². The highest BCUT2D eigenvalue weighted by molar-refractivity contribution is 6.98. The van der Waals surface area contributed by atoms with Gasteiger partial charge in [-0.25, -0.2) is 0 Å². The van der Waals surface area contributed by atoms with Gasteiger partial charge in [0.15, 0.2) is 5.58 Å². The molecule has 2 aliphatic heterocycles.